The van der Waals surface area contributed by atoms with Gasteiger partial charge in [-0.05, 0) is 12.8 Å². The topological polar surface area (TPSA) is 89.4 Å². The average Bonchev–Trinajstić information content (AvgIpc) is 2.24. The molecule has 4 nitrogen and oxygen atoms in total. The Hall–Kier alpha value is -0.287. The van der Waals surface area contributed by atoms with E-state index in [-0.39, 0.29) is 19.5 Å². The number of rotatable bonds is 0. The Bertz CT molecular complexity index is 261. The van der Waals surface area contributed by atoms with E-state index in [1.54, 1.807) is 0 Å². The number of hydrogen-bond donors (Lipinski definition) is 1. The van der Waals surface area contributed by atoms with Crippen LogP contribution in [0.2, 0.25) is 0 Å². The van der Waals surface area contributed by atoms with Crippen molar-refractivity contribution in [1.29, 1.82) is 0 Å². The zero-order valence-electron chi connectivity index (χ0n) is 12.5. The van der Waals surface area contributed by atoms with Crippen molar-refractivity contribution < 1.29 is 48.4 Å². The molecule has 2 aliphatic carbocycles. The van der Waals surface area contributed by atoms with Crippen molar-refractivity contribution >= 4 is 0 Å². The molecule has 0 aliphatic heterocycles. The quantitative estimate of drug-likeness (QED) is 0.359. The summed E-state index contributed by atoms with van der Waals surface area (Å²) >= 11 is 0. The molecule has 0 saturated carbocycles. The standard InChI is InChI=1S/2C8H11.ClHO4.Rh/c2*1-2-4-6-8-7-5-3-1;2-1(3,4)5;/h2*1-2,7H,3-6H2;(H,2,3,4,5);/q2*-1;;+2. The van der Waals surface area contributed by atoms with Crippen LogP contribution in [0.4, 0.5) is 0 Å². The molecule has 1 N–H and O–H groups in total. The Balaban J connectivity index is 0. The fourth-order valence-electron chi connectivity index (χ4n) is 1.57. The number of allylic oxidation sites excluding steroid dienone is 8. The summed E-state index contributed by atoms with van der Waals surface area (Å²) in [7, 11) is -4.69. The molecule has 0 aromatic carbocycles. The molecule has 0 amide bonds. The van der Waals surface area contributed by atoms with Crippen LogP contribution in [-0.2, 0) is 19.5 Å². The monoisotopic (exact) mass is 417 g/mol. The van der Waals surface area contributed by atoms with Gasteiger partial charge in [0.05, 0.1) is 14.9 Å². The Morgan fingerprint density at radius 1 is 0.682 bits per heavy atom. The van der Waals surface area contributed by atoms with Crippen LogP contribution in [-0.4, -0.2) is 4.66 Å². The van der Waals surface area contributed by atoms with E-state index in [0.29, 0.717) is 0 Å². The van der Waals surface area contributed by atoms with E-state index in [2.05, 4.69) is 48.6 Å². The van der Waals surface area contributed by atoms with Crippen molar-refractivity contribution in [2.45, 2.75) is 51.4 Å². The summed E-state index contributed by atoms with van der Waals surface area (Å²) in [5.74, 6) is 0. The molecule has 0 spiro atoms. The van der Waals surface area contributed by atoms with E-state index < -0.39 is 10.2 Å². The Morgan fingerprint density at radius 2 is 1.00 bits per heavy atom. The molecule has 0 aromatic rings. The second-order valence-electron chi connectivity index (χ2n) is 4.39. The first-order valence-electron chi connectivity index (χ1n) is 7.03. The Morgan fingerprint density at radius 3 is 1.36 bits per heavy atom. The minimum absolute atomic E-state index is 0. The fraction of sp³-hybridized carbons (Fsp3) is 0.500. The van der Waals surface area contributed by atoms with Crippen molar-refractivity contribution in [3.05, 3.63) is 48.6 Å². The molecule has 0 atom stereocenters. The molecule has 0 fully saturated rings. The van der Waals surface area contributed by atoms with E-state index >= 15 is 0 Å². The summed E-state index contributed by atoms with van der Waals surface area (Å²) in [6, 6.07) is 0. The SMILES string of the molecule is [C-]1=CCCC=CCC1.[C-]1=CCCC=CCC1.[O-][Cl+3]([O-])([O-])O.[Rh+2]. The van der Waals surface area contributed by atoms with Gasteiger partial charge in [0.25, 0.3) is 0 Å². The summed E-state index contributed by atoms with van der Waals surface area (Å²) in [6.07, 6.45) is 29.0. The molecule has 1 radical (unpaired) electrons. The van der Waals surface area contributed by atoms with Gasteiger partial charge in [-0.15, -0.1) is 0 Å². The van der Waals surface area contributed by atoms with Crippen LogP contribution in [0.15, 0.2) is 36.5 Å². The van der Waals surface area contributed by atoms with Gasteiger partial charge in [0.1, 0.15) is 0 Å². The van der Waals surface area contributed by atoms with E-state index in [4.69, 9.17) is 18.6 Å². The van der Waals surface area contributed by atoms with Crippen molar-refractivity contribution in [3.8, 4) is 0 Å². The van der Waals surface area contributed by atoms with Crippen LogP contribution >= 0.6 is 0 Å². The van der Waals surface area contributed by atoms with Gasteiger partial charge in [-0.2, -0.15) is 26.8 Å². The third-order valence-electron chi connectivity index (χ3n) is 2.49. The first-order chi connectivity index (χ1) is 10.0. The Kier molecular flexibility index (Phi) is 18.6. The van der Waals surface area contributed by atoms with Crippen molar-refractivity contribution in [2.24, 2.45) is 0 Å². The van der Waals surface area contributed by atoms with Gasteiger partial charge in [0.2, 0.25) is 0 Å². The van der Waals surface area contributed by atoms with E-state index in [9.17, 15) is 0 Å². The molecule has 0 heterocycles. The molecule has 22 heavy (non-hydrogen) atoms. The summed E-state index contributed by atoms with van der Waals surface area (Å²) in [5.41, 5.74) is 0. The maximum absolute atomic E-state index is 8.60. The van der Waals surface area contributed by atoms with E-state index in [1.165, 1.54) is 38.5 Å². The van der Waals surface area contributed by atoms with Crippen molar-refractivity contribution in [1.82, 2.24) is 0 Å². The molecule has 0 unspecified atom stereocenters. The Labute approximate surface area is 148 Å². The van der Waals surface area contributed by atoms with Crippen molar-refractivity contribution in [2.75, 3.05) is 0 Å². The van der Waals surface area contributed by atoms with Crippen molar-refractivity contribution in [3.63, 3.8) is 0 Å². The zero-order valence-corrected chi connectivity index (χ0v) is 14.9. The van der Waals surface area contributed by atoms with Crippen LogP contribution in [0.1, 0.15) is 51.4 Å². The van der Waals surface area contributed by atoms with Gasteiger partial charge in [-0.25, -0.2) is 0 Å². The summed E-state index contributed by atoms with van der Waals surface area (Å²) in [5, 5.41) is 0. The number of halogens is 1. The molecule has 0 saturated heterocycles. The predicted octanol–water partition coefficient (Wildman–Crippen LogP) is 0.825. The van der Waals surface area contributed by atoms with E-state index in [0.717, 1.165) is 12.8 Å². The van der Waals surface area contributed by atoms with E-state index in [1.807, 2.05) is 0 Å². The molecule has 2 rings (SSSR count). The second kappa shape index (κ2) is 17.1. The van der Waals surface area contributed by atoms with Gasteiger partial charge < -0.3 is 12.2 Å². The van der Waals surface area contributed by atoms with Crippen LogP contribution in [0.5, 0.6) is 0 Å². The first kappa shape index (κ1) is 24.0. The van der Waals surface area contributed by atoms with Crippen LogP contribution in [0, 0.1) is 22.4 Å². The van der Waals surface area contributed by atoms with Crippen LogP contribution in [0.25, 0.3) is 0 Å². The molecule has 2 aliphatic rings. The van der Waals surface area contributed by atoms with Gasteiger partial charge in [0, 0.05) is 0 Å². The predicted molar refractivity (Wildman–Crippen MR) is 73.1 cm³/mol. The molecule has 0 aromatic heterocycles. The minimum Gasteiger partial charge on any atom is -0.500 e. The van der Waals surface area contributed by atoms with Gasteiger partial charge >= 0.3 is 19.5 Å². The maximum Gasteiger partial charge on any atom is 2.00 e. The number of hydrogen-bond acceptors (Lipinski definition) is 4. The van der Waals surface area contributed by atoms with Gasteiger partial charge in [-0.1, -0.05) is 50.0 Å². The summed E-state index contributed by atoms with van der Waals surface area (Å²) < 4.78 is 32.7. The molecule has 6 heteroatoms. The zero-order chi connectivity index (χ0) is 15.8. The van der Waals surface area contributed by atoms with Gasteiger partial charge in [0.15, 0.2) is 0 Å². The van der Waals surface area contributed by atoms with Crippen LogP contribution < -0.4 is 14.0 Å². The third kappa shape index (κ3) is 28.0. The summed E-state index contributed by atoms with van der Waals surface area (Å²) in [4.78, 5) is 0. The molecule has 0 bridgehead atoms. The van der Waals surface area contributed by atoms with Gasteiger partial charge in [-0.3, -0.25) is 12.2 Å². The largest absolute Gasteiger partial charge is 2.00 e. The normalized spacial score (nSPS) is 17.3. The van der Waals surface area contributed by atoms with Crippen LogP contribution in [0.3, 0.4) is 0 Å². The second-order valence-corrected chi connectivity index (χ2v) is 5.18. The summed E-state index contributed by atoms with van der Waals surface area (Å²) in [6.45, 7) is 0. The molecular weight excluding hydrogens is 395 g/mol. The smallest absolute Gasteiger partial charge is 0.500 e. The first-order valence-corrected chi connectivity index (χ1v) is 8.30. The third-order valence-corrected chi connectivity index (χ3v) is 2.49. The fourth-order valence-corrected chi connectivity index (χ4v) is 1.57. The maximum atomic E-state index is 8.60. The average molecular weight is 418 g/mol. The molecular formula is C16H23ClO4Rh. The minimum atomic E-state index is -4.69. The molecule has 127 valence electrons.